The summed E-state index contributed by atoms with van der Waals surface area (Å²) in [5, 5.41) is 14.9. The quantitative estimate of drug-likeness (QED) is 0.444. The van der Waals surface area contributed by atoms with Crippen molar-refractivity contribution in [2.24, 2.45) is 0 Å². The fourth-order valence-electron chi connectivity index (χ4n) is 3.46. The average molecular weight is 420 g/mol. The Kier molecular flexibility index (Phi) is 3.69. The number of non-ortho nitro benzene ring substituents is 1. The highest BCUT2D eigenvalue weighted by atomic mass is 79.9. The van der Waals surface area contributed by atoms with Crippen molar-refractivity contribution in [3.8, 4) is 5.75 Å². The molecule has 1 saturated heterocycles. The van der Waals surface area contributed by atoms with Gasteiger partial charge in [-0.1, -0.05) is 15.9 Å². The van der Waals surface area contributed by atoms with Crippen molar-refractivity contribution in [3.63, 3.8) is 0 Å². The van der Waals surface area contributed by atoms with Crippen molar-refractivity contribution in [2.75, 3.05) is 4.90 Å². The van der Waals surface area contributed by atoms with Crippen LogP contribution in [0, 0.1) is 10.1 Å². The summed E-state index contributed by atoms with van der Waals surface area (Å²) in [7, 11) is 0. The fourth-order valence-corrected chi connectivity index (χ4v) is 4.16. The van der Waals surface area contributed by atoms with Crippen LogP contribution in [0.4, 0.5) is 11.4 Å². The normalized spacial score (nSPS) is 24.2. The number of nitrogens with one attached hydrogen (secondary N) is 1. The van der Waals surface area contributed by atoms with Crippen molar-refractivity contribution in [3.05, 3.63) is 62.6 Å². The van der Waals surface area contributed by atoms with Gasteiger partial charge in [0.25, 0.3) is 5.69 Å². The highest BCUT2D eigenvalue weighted by molar-refractivity contribution is 9.10. The van der Waals surface area contributed by atoms with Gasteiger partial charge >= 0.3 is 0 Å². The summed E-state index contributed by atoms with van der Waals surface area (Å²) in [6.07, 6.45) is 0.622. The summed E-state index contributed by atoms with van der Waals surface area (Å²) in [6, 6.07) is 12.4. The molecule has 2 aliphatic heterocycles. The number of nitro groups is 1. The molecule has 2 aliphatic rings. The van der Waals surface area contributed by atoms with Crippen LogP contribution in [0.1, 0.15) is 24.9 Å². The minimum Gasteiger partial charge on any atom is -0.467 e. The average Bonchev–Trinajstić information content (AvgIpc) is 2.55. The zero-order valence-electron chi connectivity index (χ0n) is 13.2. The van der Waals surface area contributed by atoms with E-state index in [1.807, 2.05) is 36.1 Å². The van der Waals surface area contributed by atoms with Crippen LogP contribution in [0.5, 0.6) is 5.75 Å². The van der Waals surface area contributed by atoms with Gasteiger partial charge in [0.1, 0.15) is 5.75 Å². The Labute approximate surface area is 158 Å². The minimum absolute atomic E-state index is 0.0500. The number of nitrogens with zero attached hydrogens (tertiary/aromatic N) is 2. The zero-order valence-corrected chi connectivity index (χ0v) is 15.6. The van der Waals surface area contributed by atoms with Crippen LogP contribution in [-0.2, 0) is 0 Å². The second-order valence-corrected chi connectivity index (χ2v) is 7.58. The molecule has 0 spiro atoms. The smallest absolute Gasteiger partial charge is 0.270 e. The number of halogens is 1. The largest absolute Gasteiger partial charge is 0.467 e. The lowest BCUT2D eigenvalue weighted by Gasteiger charge is -2.52. The summed E-state index contributed by atoms with van der Waals surface area (Å²) in [5.41, 5.74) is 1.08. The van der Waals surface area contributed by atoms with Gasteiger partial charge in [-0.15, -0.1) is 0 Å². The molecule has 0 aliphatic carbocycles. The summed E-state index contributed by atoms with van der Waals surface area (Å²) < 4.78 is 7.24. The topological polar surface area (TPSA) is 67.6 Å². The lowest BCUT2D eigenvalue weighted by Crippen LogP contribution is -2.65. The highest BCUT2D eigenvalue weighted by Crippen LogP contribution is 2.46. The molecule has 2 heterocycles. The number of hydrogen-bond acceptors (Lipinski definition) is 4. The van der Waals surface area contributed by atoms with Crippen LogP contribution >= 0.6 is 28.1 Å². The Hall–Kier alpha value is -2.19. The first kappa shape index (κ1) is 16.3. The third-order valence-corrected chi connectivity index (χ3v) is 5.38. The van der Waals surface area contributed by atoms with E-state index in [-0.39, 0.29) is 11.7 Å². The van der Waals surface area contributed by atoms with Gasteiger partial charge in [0, 0.05) is 34.3 Å². The van der Waals surface area contributed by atoms with Crippen LogP contribution in [0.2, 0.25) is 0 Å². The Balaban J connectivity index is 1.77. The second-order valence-electron chi connectivity index (χ2n) is 6.27. The molecule has 25 heavy (non-hydrogen) atoms. The van der Waals surface area contributed by atoms with Crippen LogP contribution in [-0.4, -0.2) is 15.8 Å². The standard InChI is InChI=1S/C17H14BrN3O3S/c1-17-9-14(13-8-12(21(22)23)6-7-15(13)24-17)19-16(25)20(17)11-4-2-10(18)3-5-11/h2-8,14H,9H2,1H3,(H,19,25). The van der Waals surface area contributed by atoms with E-state index in [1.165, 1.54) is 6.07 Å². The van der Waals surface area contributed by atoms with E-state index in [0.717, 1.165) is 15.7 Å². The third kappa shape index (κ3) is 2.65. The molecule has 1 N–H and O–H groups in total. The number of ether oxygens (including phenoxy) is 1. The van der Waals surface area contributed by atoms with Crippen molar-refractivity contribution >= 4 is 44.6 Å². The molecule has 0 aromatic heterocycles. The van der Waals surface area contributed by atoms with Crippen molar-refractivity contribution in [2.45, 2.75) is 25.1 Å². The molecular weight excluding hydrogens is 406 g/mol. The first-order valence-electron chi connectivity index (χ1n) is 7.71. The van der Waals surface area contributed by atoms with E-state index >= 15 is 0 Å². The van der Waals surface area contributed by atoms with Gasteiger partial charge in [0.2, 0.25) is 0 Å². The van der Waals surface area contributed by atoms with E-state index in [0.29, 0.717) is 17.3 Å². The first-order valence-corrected chi connectivity index (χ1v) is 8.91. The van der Waals surface area contributed by atoms with Crippen LogP contribution in [0.3, 0.4) is 0 Å². The summed E-state index contributed by atoms with van der Waals surface area (Å²) in [4.78, 5) is 12.6. The van der Waals surface area contributed by atoms with Gasteiger partial charge in [-0.3, -0.25) is 15.0 Å². The number of thiocarbonyl (C=S) groups is 1. The summed E-state index contributed by atoms with van der Waals surface area (Å²) >= 11 is 9.01. The molecule has 2 aromatic carbocycles. The molecule has 128 valence electrons. The molecule has 0 saturated carbocycles. The highest BCUT2D eigenvalue weighted by Gasteiger charge is 2.48. The predicted octanol–water partition coefficient (Wildman–Crippen LogP) is 4.29. The molecule has 4 rings (SSSR count). The Bertz CT molecular complexity index is 889. The molecule has 8 heteroatoms. The molecule has 0 amide bonds. The van der Waals surface area contributed by atoms with E-state index in [4.69, 9.17) is 17.0 Å². The molecule has 1 fully saturated rings. The molecule has 2 unspecified atom stereocenters. The monoisotopic (exact) mass is 419 g/mol. The molecule has 0 radical (unpaired) electrons. The van der Waals surface area contributed by atoms with Gasteiger partial charge in [0.15, 0.2) is 10.8 Å². The first-order chi connectivity index (χ1) is 11.9. The van der Waals surface area contributed by atoms with Crippen molar-refractivity contribution in [1.29, 1.82) is 0 Å². The van der Waals surface area contributed by atoms with E-state index < -0.39 is 10.6 Å². The third-order valence-electron chi connectivity index (χ3n) is 4.55. The number of anilines is 1. The Morgan fingerprint density at radius 2 is 2.08 bits per heavy atom. The molecular formula is C17H14BrN3O3S. The van der Waals surface area contributed by atoms with E-state index in [1.54, 1.807) is 12.1 Å². The van der Waals surface area contributed by atoms with Gasteiger partial charge in [0.05, 0.1) is 11.0 Å². The maximum Gasteiger partial charge on any atom is 0.270 e. The van der Waals surface area contributed by atoms with Crippen LogP contribution < -0.4 is 15.0 Å². The molecule has 2 aromatic rings. The SMILES string of the molecule is CC12CC(NC(=S)N1c1ccc(Br)cc1)c1cc([N+](=O)[O-])ccc1O2. The number of hydrogen-bond donors (Lipinski definition) is 1. The van der Waals surface area contributed by atoms with Crippen LogP contribution in [0.25, 0.3) is 0 Å². The lowest BCUT2D eigenvalue weighted by atomic mass is 9.90. The molecule has 2 bridgehead atoms. The number of nitro benzene ring substituents is 1. The summed E-state index contributed by atoms with van der Waals surface area (Å²) in [5.74, 6) is 0.640. The van der Waals surface area contributed by atoms with Gasteiger partial charge < -0.3 is 10.1 Å². The van der Waals surface area contributed by atoms with Crippen LogP contribution in [0.15, 0.2) is 46.9 Å². The van der Waals surface area contributed by atoms with Gasteiger partial charge in [-0.25, -0.2) is 0 Å². The molecule has 2 atom stereocenters. The Morgan fingerprint density at radius 1 is 1.36 bits per heavy atom. The second kappa shape index (κ2) is 5.67. The number of fused-ring (bicyclic) bond motifs is 4. The maximum atomic E-state index is 11.1. The Morgan fingerprint density at radius 3 is 2.76 bits per heavy atom. The minimum atomic E-state index is -0.663. The molecule has 6 nitrogen and oxygen atoms in total. The van der Waals surface area contributed by atoms with E-state index in [9.17, 15) is 10.1 Å². The zero-order chi connectivity index (χ0) is 17.8. The lowest BCUT2D eigenvalue weighted by molar-refractivity contribution is -0.385. The number of benzene rings is 2. The number of rotatable bonds is 2. The maximum absolute atomic E-state index is 11.1. The fraction of sp³-hybridized carbons (Fsp3) is 0.235. The van der Waals surface area contributed by atoms with Crippen molar-refractivity contribution < 1.29 is 9.66 Å². The summed E-state index contributed by atoms with van der Waals surface area (Å²) in [6.45, 7) is 1.99. The van der Waals surface area contributed by atoms with E-state index in [2.05, 4.69) is 21.2 Å². The van der Waals surface area contributed by atoms with Gasteiger partial charge in [-0.05, 0) is 49.5 Å². The predicted molar refractivity (Wildman–Crippen MR) is 102 cm³/mol. The van der Waals surface area contributed by atoms with Crippen molar-refractivity contribution in [1.82, 2.24) is 5.32 Å². The van der Waals surface area contributed by atoms with Gasteiger partial charge in [-0.2, -0.15) is 0 Å².